The molecule has 2 rings (SSSR count). The number of carbonyl (C=O) groups is 1. The highest BCUT2D eigenvalue weighted by Crippen LogP contribution is 2.42. The van der Waals surface area contributed by atoms with Gasteiger partial charge in [0.25, 0.3) is 0 Å². The molecule has 0 amide bonds. The Hall–Kier alpha value is -1.42. The van der Waals surface area contributed by atoms with Crippen LogP contribution < -0.4 is 0 Å². The van der Waals surface area contributed by atoms with Crippen molar-refractivity contribution in [2.45, 2.75) is 37.7 Å². The number of carboxylic acids is 1. The Kier molecular flexibility index (Phi) is 3.66. The van der Waals surface area contributed by atoms with Crippen molar-refractivity contribution in [2.75, 3.05) is 7.11 Å². The molecule has 0 radical (unpaired) electrons. The van der Waals surface area contributed by atoms with Crippen molar-refractivity contribution in [2.24, 2.45) is 0 Å². The highest BCUT2D eigenvalue weighted by molar-refractivity contribution is 5.81. The summed E-state index contributed by atoms with van der Waals surface area (Å²) in [4.78, 5) is 11.5. The number of ether oxygens (including phenoxy) is 1. The Morgan fingerprint density at radius 1 is 1.44 bits per heavy atom. The van der Waals surface area contributed by atoms with Crippen LogP contribution in [0.5, 0.6) is 0 Å². The van der Waals surface area contributed by atoms with Gasteiger partial charge in [-0.25, -0.2) is 4.39 Å². The highest BCUT2D eigenvalue weighted by atomic mass is 19.1. The maximum atomic E-state index is 14.1. The van der Waals surface area contributed by atoms with E-state index in [1.54, 1.807) is 19.2 Å². The molecule has 1 N–H and O–H groups in total. The molecule has 3 nitrogen and oxygen atoms in total. The summed E-state index contributed by atoms with van der Waals surface area (Å²) in [6.45, 7) is 0.331. The van der Waals surface area contributed by atoms with E-state index >= 15 is 0 Å². The van der Waals surface area contributed by atoms with Gasteiger partial charge in [0.05, 0.1) is 12.0 Å². The van der Waals surface area contributed by atoms with Gasteiger partial charge >= 0.3 is 5.97 Å². The van der Waals surface area contributed by atoms with Crippen molar-refractivity contribution in [1.82, 2.24) is 0 Å². The van der Waals surface area contributed by atoms with Crippen molar-refractivity contribution in [3.05, 3.63) is 35.1 Å². The number of rotatable bonds is 4. The zero-order chi connectivity index (χ0) is 13.2. The van der Waals surface area contributed by atoms with E-state index in [2.05, 4.69) is 0 Å². The van der Waals surface area contributed by atoms with E-state index in [0.29, 0.717) is 25.0 Å². The van der Waals surface area contributed by atoms with Gasteiger partial charge in [-0.1, -0.05) is 25.0 Å². The predicted molar refractivity (Wildman–Crippen MR) is 64.9 cm³/mol. The van der Waals surface area contributed by atoms with Crippen molar-refractivity contribution >= 4 is 5.97 Å². The number of methoxy groups -OCH3 is 1. The first-order valence-electron chi connectivity index (χ1n) is 6.11. The Labute approximate surface area is 106 Å². The Bertz CT molecular complexity index is 450. The molecule has 1 aliphatic rings. The summed E-state index contributed by atoms with van der Waals surface area (Å²) >= 11 is 0. The van der Waals surface area contributed by atoms with E-state index in [9.17, 15) is 14.3 Å². The van der Waals surface area contributed by atoms with Gasteiger partial charge < -0.3 is 9.84 Å². The molecule has 0 bridgehead atoms. The maximum Gasteiger partial charge on any atom is 0.314 e. The number of hydrogen-bond acceptors (Lipinski definition) is 2. The molecule has 0 aromatic heterocycles. The average Bonchev–Trinajstić information content (AvgIpc) is 2.80. The third-order valence-corrected chi connectivity index (χ3v) is 3.73. The smallest absolute Gasteiger partial charge is 0.314 e. The topological polar surface area (TPSA) is 46.5 Å². The second-order valence-electron chi connectivity index (χ2n) is 4.84. The summed E-state index contributed by atoms with van der Waals surface area (Å²) in [5.41, 5.74) is 0.0000145. The second kappa shape index (κ2) is 5.06. The van der Waals surface area contributed by atoms with Crippen molar-refractivity contribution < 1.29 is 19.0 Å². The van der Waals surface area contributed by atoms with Gasteiger partial charge in [-0.3, -0.25) is 4.79 Å². The summed E-state index contributed by atoms with van der Waals surface area (Å²) in [7, 11) is 1.54. The zero-order valence-electron chi connectivity index (χ0n) is 10.4. The van der Waals surface area contributed by atoms with Crippen LogP contribution in [0.25, 0.3) is 0 Å². The van der Waals surface area contributed by atoms with Crippen LogP contribution in [0.3, 0.4) is 0 Å². The molecular weight excluding hydrogens is 235 g/mol. The lowest BCUT2D eigenvalue weighted by Crippen LogP contribution is -2.33. The van der Waals surface area contributed by atoms with Crippen LogP contribution in [0.2, 0.25) is 0 Å². The Morgan fingerprint density at radius 2 is 2.11 bits per heavy atom. The van der Waals surface area contributed by atoms with Crippen LogP contribution in [0, 0.1) is 5.82 Å². The monoisotopic (exact) mass is 252 g/mol. The van der Waals surface area contributed by atoms with Gasteiger partial charge in [0.1, 0.15) is 5.82 Å². The number of carboxylic acid groups (broad SMARTS) is 1. The van der Waals surface area contributed by atoms with E-state index in [-0.39, 0.29) is 0 Å². The molecule has 0 spiro atoms. The van der Waals surface area contributed by atoms with Gasteiger partial charge in [0, 0.05) is 12.7 Å². The van der Waals surface area contributed by atoms with Gasteiger partial charge in [0.15, 0.2) is 0 Å². The predicted octanol–water partition coefficient (Wildman–Crippen LogP) is 2.87. The fraction of sp³-hybridized carbons (Fsp3) is 0.500. The highest BCUT2D eigenvalue weighted by Gasteiger charge is 2.44. The third kappa shape index (κ3) is 2.12. The molecule has 1 aromatic rings. The standard InChI is InChI=1S/C14H17FO3/c1-18-9-10-4-5-11(12(15)8-10)14(13(16)17)6-2-3-7-14/h4-5,8H,2-3,6-7,9H2,1H3,(H,16,17). The number of hydrogen-bond donors (Lipinski definition) is 1. The van der Waals surface area contributed by atoms with Crippen LogP contribution >= 0.6 is 0 Å². The lowest BCUT2D eigenvalue weighted by atomic mass is 9.78. The molecule has 0 heterocycles. The Balaban J connectivity index is 2.40. The minimum Gasteiger partial charge on any atom is -0.481 e. The first-order chi connectivity index (χ1) is 8.60. The SMILES string of the molecule is COCc1ccc(C2(C(=O)O)CCCC2)c(F)c1. The summed E-state index contributed by atoms with van der Waals surface area (Å²) in [6.07, 6.45) is 2.71. The quantitative estimate of drug-likeness (QED) is 0.896. The molecular formula is C14H17FO3. The maximum absolute atomic E-state index is 14.1. The molecule has 0 saturated heterocycles. The van der Waals surface area contributed by atoms with Gasteiger partial charge in [0.2, 0.25) is 0 Å². The second-order valence-corrected chi connectivity index (χ2v) is 4.84. The average molecular weight is 252 g/mol. The zero-order valence-corrected chi connectivity index (χ0v) is 10.4. The molecule has 1 fully saturated rings. The number of benzene rings is 1. The molecule has 4 heteroatoms. The molecule has 1 aliphatic carbocycles. The minimum atomic E-state index is -1.03. The van der Waals surface area contributed by atoms with E-state index in [1.165, 1.54) is 6.07 Å². The molecule has 0 atom stereocenters. The summed E-state index contributed by atoms with van der Waals surface area (Å²) < 4.78 is 19.0. The summed E-state index contributed by atoms with van der Waals surface area (Å²) in [5.74, 6) is -1.35. The first-order valence-corrected chi connectivity index (χ1v) is 6.11. The van der Waals surface area contributed by atoms with E-state index in [0.717, 1.165) is 18.4 Å². The first kappa shape index (κ1) is 13.0. The molecule has 1 saturated carbocycles. The fourth-order valence-corrected chi connectivity index (χ4v) is 2.78. The number of aliphatic carboxylic acids is 1. The van der Waals surface area contributed by atoms with E-state index in [1.807, 2.05) is 0 Å². The molecule has 0 aliphatic heterocycles. The summed E-state index contributed by atoms with van der Waals surface area (Å²) in [6, 6.07) is 4.72. The van der Waals surface area contributed by atoms with Crippen LogP contribution in [-0.4, -0.2) is 18.2 Å². The van der Waals surface area contributed by atoms with Gasteiger partial charge in [-0.05, 0) is 24.5 Å². The normalized spacial score (nSPS) is 17.9. The van der Waals surface area contributed by atoms with Crippen molar-refractivity contribution in [1.29, 1.82) is 0 Å². The lowest BCUT2D eigenvalue weighted by Gasteiger charge is -2.25. The Morgan fingerprint density at radius 3 is 2.61 bits per heavy atom. The minimum absolute atomic E-state index is 0.312. The fourth-order valence-electron chi connectivity index (χ4n) is 2.78. The largest absolute Gasteiger partial charge is 0.481 e. The third-order valence-electron chi connectivity index (χ3n) is 3.73. The van der Waals surface area contributed by atoms with E-state index in [4.69, 9.17) is 4.74 Å². The van der Waals surface area contributed by atoms with Crippen LogP contribution in [0.1, 0.15) is 36.8 Å². The number of halogens is 1. The van der Waals surface area contributed by atoms with E-state index < -0.39 is 17.2 Å². The van der Waals surface area contributed by atoms with Gasteiger partial charge in [-0.2, -0.15) is 0 Å². The lowest BCUT2D eigenvalue weighted by molar-refractivity contribution is -0.143. The summed E-state index contributed by atoms with van der Waals surface area (Å²) in [5, 5.41) is 9.42. The van der Waals surface area contributed by atoms with Crippen LogP contribution in [-0.2, 0) is 21.6 Å². The van der Waals surface area contributed by atoms with Crippen LogP contribution in [0.15, 0.2) is 18.2 Å². The molecule has 98 valence electrons. The van der Waals surface area contributed by atoms with Crippen molar-refractivity contribution in [3.63, 3.8) is 0 Å². The van der Waals surface area contributed by atoms with Crippen LogP contribution in [0.4, 0.5) is 4.39 Å². The molecule has 0 unspecified atom stereocenters. The van der Waals surface area contributed by atoms with Gasteiger partial charge in [-0.15, -0.1) is 0 Å². The van der Waals surface area contributed by atoms with Crippen molar-refractivity contribution in [3.8, 4) is 0 Å². The molecule has 18 heavy (non-hydrogen) atoms. The molecule has 1 aromatic carbocycles.